The van der Waals surface area contributed by atoms with Crippen LogP contribution in [0.2, 0.25) is 0 Å². The predicted octanol–water partition coefficient (Wildman–Crippen LogP) is 3.28. The highest BCUT2D eigenvalue weighted by atomic mass is 79.9. The Balaban J connectivity index is 1.34. The van der Waals surface area contributed by atoms with Crippen LogP contribution in [0.5, 0.6) is 0 Å². The van der Waals surface area contributed by atoms with Gasteiger partial charge in [0.25, 0.3) is 0 Å². The standard InChI is InChI=1S/C20H21BrN6O/c21-17-4-5-18(23-11-17)25-20(28)16-2-1-8-26(13-16)12-15-3-6-19(24-10-15)27-9-7-22-14-27/h3-7,9-11,14,16H,1-2,8,12-13H2,(H,23,25,28). The van der Waals surface area contributed by atoms with Gasteiger partial charge < -0.3 is 5.32 Å². The van der Waals surface area contributed by atoms with Gasteiger partial charge in [0.15, 0.2) is 0 Å². The number of halogens is 1. The van der Waals surface area contributed by atoms with Crippen molar-refractivity contribution < 1.29 is 4.79 Å². The third-order valence-corrected chi connectivity index (χ3v) is 5.31. The lowest BCUT2D eigenvalue weighted by atomic mass is 9.96. The van der Waals surface area contributed by atoms with Crippen LogP contribution in [0.15, 0.2) is 59.9 Å². The highest BCUT2D eigenvalue weighted by Gasteiger charge is 2.26. The molecule has 0 spiro atoms. The second-order valence-corrected chi connectivity index (χ2v) is 7.84. The van der Waals surface area contributed by atoms with Gasteiger partial charge in [-0.3, -0.25) is 14.3 Å². The fraction of sp³-hybridized carbons (Fsp3) is 0.300. The van der Waals surface area contributed by atoms with Crippen LogP contribution in [0.3, 0.4) is 0 Å². The van der Waals surface area contributed by atoms with Crippen molar-refractivity contribution in [2.75, 3.05) is 18.4 Å². The van der Waals surface area contributed by atoms with Gasteiger partial charge in [0.1, 0.15) is 18.0 Å². The van der Waals surface area contributed by atoms with Gasteiger partial charge in [-0.15, -0.1) is 0 Å². The quantitative estimate of drug-likeness (QED) is 0.658. The van der Waals surface area contributed by atoms with Crippen molar-refractivity contribution in [1.29, 1.82) is 0 Å². The zero-order valence-electron chi connectivity index (χ0n) is 15.3. The summed E-state index contributed by atoms with van der Waals surface area (Å²) in [6, 6.07) is 7.74. The molecule has 1 atom stereocenters. The maximum Gasteiger partial charge on any atom is 0.229 e. The lowest BCUT2D eigenvalue weighted by Gasteiger charge is -2.31. The van der Waals surface area contributed by atoms with E-state index in [1.54, 1.807) is 24.8 Å². The number of aromatic nitrogens is 4. The summed E-state index contributed by atoms with van der Waals surface area (Å²) in [6.07, 6.45) is 10.8. The molecule has 1 unspecified atom stereocenters. The molecular weight excluding hydrogens is 420 g/mol. The number of anilines is 1. The number of nitrogens with one attached hydrogen (secondary N) is 1. The van der Waals surface area contributed by atoms with E-state index in [4.69, 9.17) is 0 Å². The van der Waals surface area contributed by atoms with E-state index in [0.717, 1.165) is 48.3 Å². The number of hydrogen-bond acceptors (Lipinski definition) is 5. The molecule has 1 aliphatic rings. The van der Waals surface area contributed by atoms with Crippen LogP contribution < -0.4 is 5.32 Å². The summed E-state index contributed by atoms with van der Waals surface area (Å²) in [5, 5.41) is 2.93. The molecule has 4 heterocycles. The van der Waals surface area contributed by atoms with E-state index < -0.39 is 0 Å². The Morgan fingerprint density at radius 3 is 2.86 bits per heavy atom. The van der Waals surface area contributed by atoms with Gasteiger partial charge in [0.05, 0.1) is 5.92 Å². The first-order valence-corrected chi connectivity index (χ1v) is 10.0. The van der Waals surface area contributed by atoms with E-state index in [2.05, 4.69) is 47.2 Å². The Hall–Kier alpha value is -2.58. The summed E-state index contributed by atoms with van der Waals surface area (Å²) in [6.45, 7) is 2.52. The second-order valence-electron chi connectivity index (χ2n) is 6.92. The van der Waals surface area contributed by atoms with Gasteiger partial charge in [-0.1, -0.05) is 6.07 Å². The third kappa shape index (κ3) is 4.63. The van der Waals surface area contributed by atoms with E-state index >= 15 is 0 Å². The fourth-order valence-electron chi connectivity index (χ4n) is 3.41. The fourth-order valence-corrected chi connectivity index (χ4v) is 3.64. The molecule has 1 fully saturated rings. The van der Waals surface area contributed by atoms with Crippen molar-refractivity contribution >= 4 is 27.7 Å². The molecule has 8 heteroatoms. The number of piperidine rings is 1. The molecular formula is C20H21BrN6O. The normalized spacial score (nSPS) is 17.4. The zero-order chi connectivity index (χ0) is 19.3. The molecule has 7 nitrogen and oxygen atoms in total. The van der Waals surface area contributed by atoms with Crippen LogP contribution >= 0.6 is 15.9 Å². The Labute approximate surface area is 172 Å². The Morgan fingerprint density at radius 2 is 2.14 bits per heavy atom. The molecule has 0 aliphatic carbocycles. The Kier molecular flexibility index (Phi) is 5.78. The SMILES string of the molecule is O=C(Nc1ccc(Br)cn1)C1CCCN(Cc2ccc(-n3ccnc3)nc2)C1. The van der Waals surface area contributed by atoms with Crippen LogP contribution in [0.1, 0.15) is 18.4 Å². The van der Waals surface area contributed by atoms with Gasteiger partial charge in [0, 0.05) is 42.3 Å². The molecule has 1 saturated heterocycles. The molecule has 3 aromatic heterocycles. The minimum Gasteiger partial charge on any atom is -0.310 e. The molecule has 0 radical (unpaired) electrons. The van der Waals surface area contributed by atoms with Crippen LogP contribution in [0.4, 0.5) is 5.82 Å². The van der Waals surface area contributed by atoms with Crippen molar-refractivity contribution in [3.63, 3.8) is 0 Å². The molecule has 1 amide bonds. The minimum absolute atomic E-state index is 0.0302. The summed E-state index contributed by atoms with van der Waals surface area (Å²) >= 11 is 3.35. The maximum atomic E-state index is 12.6. The zero-order valence-corrected chi connectivity index (χ0v) is 16.9. The highest BCUT2D eigenvalue weighted by molar-refractivity contribution is 9.10. The summed E-state index contributed by atoms with van der Waals surface area (Å²) in [4.78, 5) is 27.7. The molecule has 1 N–H and O–H groups in total. The van der Waals surface area contributed by atoms with Gasteiger partial charge in [-0.25, -0.2) is 15.0 Å². The van der Waals surface area contributed by atoms with E-state index in [-0.39, 0.29) is 11.8 Å². The molecule has 4 rings (SSSR count). The molecule has 28 heavy (non-hydrogen) atoms. The number of amides is 1. The van der Waals surface area contributed by atoms with E-state index in [1.807, 2.05) is 29.1 Å². The number of rotatable bonds is 5. The van der Waals surface area contributed by atoms with Crippen LogP contribution in [-0.4, -0.2) is 43.4 Å². The number of hydrogen-bond donors (Lipinski definition) is 1. The molecule has 0 aromatic carbocycles. The summed E-state index contributed by atoms with van der Waals surface area (Å²) < 4.78 is 2.77. The van der Waals surface area contributed by atoms with Crippen LogP contribution in [0.25, 0.3) is 5.82 Å². The average molecular weight is 441 g/mol. The van der Waals surface area contributed by atoms with Crippen molar-refractivity contribution in [3.05, 3.63) is 65.4 Å². The van der Waals surface area contributed by atoms with E-state index in [1.165, 1.54) is 0 Å². The van der Waals surface area contributed by atoms with Gasteiger partial charge >= 0.3 is 0 Å². The first kappa shape index (κ1) is 18.8. The van der Waals surface area contributed by atoms with Crippen molar-refractivity contribution in [1.82, 2.24) is 24.4 Å². The van der Waals surface area contributed by atoms with E-state index in [0.29, 0.717) is 5.82 Å². The molecule has 0 saturated carbocycles. The monoisotopic (exact) mass is 440 g/mol. The summed E-state index contributed by atoms with van der Waals surface area (Å²) in [5.74, 6) is 1.44. The minimum atomic E-state index is -0.0302. The number of likely N-dealkylation sites (tertiary alicyclic amines) is 1. The smallest absolute Gasteiger partial charge is 0.229 e. The first-order valence-electron chi connectivity index (χ1n) is 9.25. The van der Waals surface area contributed by atoms with Crippen molar-refractivity contribution in [3.8, 4) is 5.82 Å². The van der Waals surface area contributed by atoms with Crippen molar-refractivity contribution in [2.24, 2.45) is 5.92 Å². The highest BCUT2D eigenvalue weighted by Crippen LogP contribution is 2.20. The maximum absolute atomic E-state index is 12.6. The van der Waals surface area contributed by atoms with E-state index in [9.17, 15) is 4.79 Å². The summed E-state index contributed by atoms with van der Waals surface area (Å²) in [7, 11) is 0. The lowest BCUT2D eigenvalue weighted by Crippen LogP contribution is -2.40. The van der Waals surface area contributed by atoms with Crippen LogP contribution in [0, 0.1) is 5.92 Å². The number of carbonyl (C=O) groups excluding carboxylic acids is 1. The lowest BCUT2D eigenvalue weighted by molar-refractivity contribution is -0.121. The van der Waals surface area contributed by atoms with Gasteiger partial charge in [-0.2, -0.15) is 0 Å². The summed E-state index contributed by atoms with van der Waals surface area (Å²) in [5.41, 5.74) is 1.14. The van der Waals surface area contributed by atoms with Gasteiger partial charge in [-0.05, 0) is 59.1 Å². The number of imidazole rings is 1. The molecule has 144 valence electrons. The topological polar surface area (TPSA) is 75.9 Å². The Bertz CT molecular complexity index is 911. The number of nitrogens with zero attached hydrogens (tertiary/aromatic N) is 5. The third-order valence-electron chi connectivity index (χ3n) is 4.84. The Morgan fingerprint density at radius 1 is 1.21 bits per heavy atom. The first-order chi connectivity index (χ1) is 13.7. The number of carbonyl (C=O) groups is 1. The van der Waals surface area contributed by atoms with Crippen LogP contribution in [-0.2, 0) is 11.3 Å². The number of pyridine rings is 2. The van der Waals surface area contributed by atoms with Crippen molar-refractivity contribution in [2.45, 2.75) is 19.4 Å². The largest absolute Gasteiger partial charge is 0.310 e. The second kappa shape index (κ2) is 8.62. The average Bonchev–Trinajstić information content (AvgIpc) is 3.25. The molecule has 3 aromatic rings. The molecule has 1 aliphatic heterocycles. The predicted molar refractivity (Wildman–Crippen MR) is 110 cm³/mol. The molecule has 0 bridgehead atoms. The van der Waals surface area contributed by atoms with Gasteiger partial charge in [0.2, 0.25) is 5.91 Å².